The lowest BCUT2D eigenvalue weighted by atomic mass is 9.72. The maximum Gasteiger partial charge on any atom is 0.202 e. The zero-order chi connectivity index (χ0) is 28.4. The van der Waals surface area contributed by atoms with Crippen molar-refractivity contribution in [2.24, 2.45) is 0 Å². The normalized spacial score (nSPS) is 29.1. The van der Waals surface area contributed by atoms with Crippen molar-refractivity contribution in [1.82, 2.24) is 5.32 Å². The second-order valence-electron chi connectivity index (χ2n) is 10.4. The van der Waals surface area contributed by atoms with Gasteiger partial charge in [0.2, 0.25) is 5.78 Å². The molecule has 1 aliphatic heterocycles. The van der Waals surface area contributed by atoms with E-state index >= 15 is 0 Å². The highest BCUT2D eigenvalue weighted by atomic mass is 35.5. The monoisotopic (exact) mass is 577 g/mol. The molecular weight excluding hydrogens is 546 g/mol. The van der Waals surface area contributed by atoms with Gasteiger partial charge in [-0.2, -0.15) is 0 Å². The SMILES string of the molecule is CNC1CC(O[C@H]2C[C@](O)(C(C)=O)Cc3c(O)c4c(c(O)c32)C(=O)c2c(OC)cccc2C4=O)OC(C)C1O.Cl. The molecule has 216 valence electrons. The van der Waals surface area contributed by atoms with E-state index in [1.807, 2.05) is 0 Å². The number of ether oxygens (including phenoxy) is 3. The predicted octanol–water partition coefficient (Wildman–Crippen LogP) is 1.71. The molecule has 40 heavy (non-hydrogen) atoms. The topological polar surface area (TPSA) is 172 Å². The molecule has 5 N–H and O–H groups in total. The Morgan fingerprint density at radius 2 is 1.80 bits per heavy atom. The lowest BCUT2D eigenvalue weighted by Gasteiger charge is -2.42. The first-order valence-electron chi connectivity index (χ1n) is 12.7. The summed E-state index contributed by atoms with van der Waals surface area (Å²) in [6.07, 6.45) is -4.07. The first-order valence-corrected chi connectivity index (χ1v) is 12.7. The smallest absolute Gasteiger partial charge is 0.202 e. The maximum absolute atomic E-state index is 13.7. The van der Waals surface area contributed by atoms with Gasteiger partial charge in [0.1, 0.15) is 22.8 Å². The molecule has 3 aliphatic rings. The van der Waals surface area contributed by atoms with Gasteiger partial charge in [-0.3, -0.25) is 14.4 Å². The molecule has 0 radical (unpaired) electrons. The molecule has 1 saturated heterocycles. The number of Topliss-reactive ketones (excluding diaryl/α,β-unsaturated/α-hetero) is 1. The van der Waals surface area contributed by atoms with Gasteiger partial charge in [-0.25, -0.2) is 0 Å². The van der Waals surface area contributed by atoms with Crippen molar-refractivity contribution in [3.05, 3.63) is 51.6 Å². The molecule has 0 amide bonds. The van der Waals surface area contributed by atoms with Gasteiger partial charge in [-0.05, 0) is 27.0 Å². The van der Waals surface area contributed by atoms with Crippen LogP contribution < -0.4 is 10.1 Å². The van der Waals surface area contributed by atoms with Crippen molar-refractivity contribution in [3.63, 3.8) is 0 Å². The van der Waals surface area contributed by atoms with Crippen LogP contribution in [0.4, 0.5) is 0 Å². The van der Waals surface area contributed by atoms with E-state index in [0.29, 0.717) is 0 Å². The Bertz CT molecular complexity index is 1390. The predicted molar refractivity (Wildman–Crippen MR) is 142 cm³/mol. The third kappa shape index (κ3) is 4.47. The van der Waals surface area contributed by atoms with Crippen LogP contribution in [0.5, 0.6) is 17.2 Å². The van der Waals surface area contributed by atoms with Gasteiger partial charge in [0.05, 0.1) is 42.1 Å². The van der Waals surface area contributed by atoms with Crippen LogP contribution in [-0.4, -0.2) is 82.1 Å². The Morgan fingerprint density at radius 1 is 1.12 bits per heavy atom. The van der Waals surface area contributed by atoms with Crippen molar-refractivity contribution in [2.75, 3.05) is 14.2 Å². The molecule has 1 heterocycles. The number of aromatic hydroxyl groups is 2. The Labute approximate surface area is 236 Å². The lowest BCUT2D eigenvalue weighted by molar-refractivity contribution is -0.249. The quantitative estimate of drug-likeness (QED) is 0.279. The first kappa shape index (κ1) is 29.9. The van der Waals surface area contributed by atoms with Gasteiger partial charge >= 0.3 is 0 Å². The molecule has 2 aromatic carbocycles. The van der Waals surface area contributed by atoms with E-state index in [4.69, 9.17) is 14.2 Å². The molecule has 2 aromatic rings. The summed E-state index contributed by atoms with van der Waals surface area (Å²) in [5.74, 6) is -3.10. The molecule has 0 spiro atoms. The third-order valence-corrected chi connectivity index (χ3v) is 8.12. The largest absolute Gasteiger partial charge is 0.507 e. The van der Waals surface area contributed by atoms with E-state index in [-0.39, 0.29) is 59.3 Å². The van der Waals surface area contributed by atoms with E-state index < -0.39 is 76.6 Å². The Kier molecular flexibility index (Phi) is 8.03. The Morgan fingerprint density at radius 3 is 2.42 bits per heavy atom. The van der Waals surface area contributed by atoms with Crippen molar-refractivity contribution >= 4 is 29.8 Å². The van der Waals surface area contributed by atoms with Gasteiger partial charge in [0.25, 0.3) is 0 Å². The third-order valence-electron chi connectivity index (χ3n) is 8.12. The summed E-state index contributed by atoms with van der Waals surface area (Å²) < 4.78 is 17.3. The molecule has 12 heteroatoms. The number of likely N-dealkylation sites (N-methyl/N-ethyl adjacent to an activating group) is 1. The molecule has 4 unspecified atom stereocenters. The number of phenols is 2. The minimum absolute atomic E-state index is 0. The fourth-order valence-corrected chi connectivity index (χ4v) is 5.91. The summed E-state index contributed by atoms with van der Waals surface area (Å²) in [5.41, 5.74) is -2.94. The number of hydrogen-bond acceptors (Lipinski definition) is 11. The molecule has 1 fully saturated rings. The number of methoxy groups -OCH3 is 1. The zero-order valence-corrected chi connectivity index (χ0v) is 23.2. The number of carbonyl (C=O) groups is 3. The number of halogens is 1. The number of ketones is 3. The van der Waals surface area contributed by atoms with Crippen molar-refractivity contribution in [3.8, 4) is 17.2 Å². The molecule has 11 nitrogen and oxygen atoms in total. The molecule has 0 aromatic heterocycles. The highest BCUT2D eigenvalue weighted by Crippen LogP contribution is 2.52. The fraction of sp³-hybridized carbons (Fsp3) is 0.464. The van der Waals surface area contributed by atoms with Gasteiger partial charge < -0.3 is 40.0 Å². The number of carbonyl (C=O) groups excluding carboxylic acids is 3. The van der Waals surface area contributed by atoms with Crippen LogP contribution in [0.15, 0.2) is 18.2 Å². The van der Waals surface area contributed by atoms with Gasteiger partial charge in [-0.1, -0.05) is 12.1 Å². The molecule has 0 saturated carbocycles. The summed E-state index contributed by atoms with van der Waals surface area (Å²) in [6.45, 7) is 2.86. The van der Waals surface area contributed by atoms with Crippen LogP contribution in [0, 0.1) is 0 Å². The van der Waals surface area contributed by atoms with E-state index in [1.165, 1.54) is 32.2 Å². The number of fused-ring (bicyclic) bond motifs is 3. The molecule has 6 atom stereocenters. The van der Waals surface area contributed by atoms with Crippen molar-refractivity contribution in [1.29, 1.82) is 0 Å². The number of rotatable bonds is 5. The zero-order valence-electron chi connectivity index (χ0n) is 22.4. The summed E-state index contributed by atoms with van der Waals surface area (Å²) in [7, 11) is 3.03. The summed E-state index contributed by atoms with van der Waals surface area (Å²) >= 11 is 0. The number of aliphatic hydroxyl groups is 2. The number of benzene rings is 2. The van der Waals surface area contributed by atoms with Crippen LogP contribution in [0.25, 0.3) is 0 Å². The standard InChI is InChI=1S/C28H31NO10.ClH/c1-11-23(31)15(29-3)8-18(38-11)39-17-10-28(36,12(2)30)9-14-20(17)27(35)22-21(25(14)33)24(32)13-6-5-7-16(37-4)19(13)26(22)34;/h5-7,11,15,17-18,23,29,31,33,35-36H,8-10H2,1-4H3;1H/t11?,15?,17-,18?,23?,28-;/m0./s1. The average Bonchev–Trinajstić information content (AvgIpc) is 2.90. The number of nitrogens with one attached hydrogen (secondary N) is 1. The number of aliphatic hydroxyl groups excluding tert-OH is 1. The highest BCUT2D eigenvalue weighted by Gasteiger charge is 2.49. The van der Waals surface area contributed by atoms with E-state index in [1.54, 1.807) is 14.0 Å². The number of hydrogen-bond donors (Lipinski definition) is 5. The fourth-order valence-electron chi connectivity index (χ4n) is 5.91. The van der Waals surface area contributed by atoms with E-state index in [0.717, 1.165) is 0 Å². The number of phenolic OH excluding ortho intramolecular Hbond substituents is 2. The summed E-state index contributed by atoms with van der Waals surface area (Å²) in [6, 6.07) is 4.07. The van der Waals surface area contributed by atoms with Crippen LogP contribution in [0.1, 0.15) is 75.8 Å². The summed E-state index contributed by atoms with van der Waals surface area (Å²) in [5, 5.41) is 47.5. The Balaban J connectivity index is 0.00000370. The van der Waals surface area contributed by atoms with Crippen molar-refractivity contribution in [2.45, 2.75) is 69.4 Å². The van der Waals surface area contributed by atoms with Gasteiger partial charge in [-0.15, -0.1) is 12.4 Å². The molecule has 5 rings (SSSR count). The van der Waals surface area contributed by atoms with Gasteiger partial charge in [0.15, 0.2) is 17.9 Å². The minimum Gasteiger partial charge on any atom is -0.507 e. The highest BCUT2D eigenvalue weighted by molar-refractivity contribution is 6.31. The van der Waals surface area contributed by atoms with Crippen LogP contribution in [0.3, 0.4) is 0 Å². The van der Waals surface area contributed by atoms with Crippen LogP contribution >= 0.6 is 12.4 Å². The van der Waals surface area contributed by atoms with Crippen molar-refractivity contribution < 1.29 is 49.0 Å². The minimum atomic E-state index is -1.99. The second kappa shape index (κ2) is 10.7. The molecule has 0 bridgehead atoms. The maximum atomic E-state index is 13.7. The average molecular weight is 578 g/mol. The molecule has 2 aliphatic carbocycles. The molecular formula is C28H32ClNO10. The van der Waals surface area contributed by atoms with Gasteiger partial charge in [0, 0.05) is 42.0 Å². The van der Waals surface area contributed by atoms with E-state index in [9.17, 15) is 34.8 Å². The summed E-state index contributed by atoms with van der Waals surface area (Å²) in [4.78, 5) is 39.7. The lowest BCUT2D eigenvalue weighted by Crippen LogP contribution is -2.53. The van der Waals surface area contributed by atoms with Crippen LogP contribution in [0.2, 0.25) is 0 Å². The Hall–Kier alpha value is -3.06. The van der Waals surface area contributed by atoms with E-state index in [2.05, 4.69) is 5.32 Å². The van der Waals surface area contributed by atoms with Crippen LogP contribution in [-0.2, 0) is 20.7 Å². The second-order valence-corrected chi connectivity index (χ2v) is 10.4. The first-order chi connectivity index (χ1) is 18.4.